The van der Waals surface area contributed by atoms with Gasteiger partial charge in [-0.05, 0) is 42.2 Å². The Labute approximate surface area is 101 Å². The molecular formula is C13H16N4. The van der Waals surface area contributed by atoms with Gasteiger partial charge in [0.1, 0.15) is 0 Å². The zero-order valence-corrected chi connectivity index (χ0v) is 10.0. The summed E-state index contributed by atoms with van der Waals surface area (Å²) in [7, 11) is 0. The van der Waals surface area contributed by atoms with Crippen LogP contribution in [0.3, 0.4) is 0 Å². The zero-order valence-electron chi connectivity index (χ0n) is 10.0. The van der Waals surface area contributed by atoms with Gasteiger partial charge >= 0.3 is 0 Å². The van der Waals surface area contributed by atoms with E-state index in [1.807, 2.05) is 38.5 Å². The summed E-state index contributed by atoms with van der Waals surface area (Å²) in [6.07, 6.45) is 7.26. The van der Waals surface area contributed by atoms with Crippen molar-refractivity contribution in [2.75, 3.05) is 0 Å². The van der Waals surface area contributed by atoms with Crippen molar-refractivity contribution in [2.24, 2.45) is 5.84 Å². The molecule has 2 aromatic heterocycles. The molecule has 1 unspecified atom stereocenters. The molecule has 4 heteroatoms. The quantitative estimate of drug-likeness (QED) is 0.619. The summed E-state index contributed by atoms with van der Waals surface area (Å²) in [5.41, 5.74) is 7.21. The highest BCUT2D eigenvalue weighted by molar-refractivity contribution is 5.34. The lowest BCUT2D eigenvalue weighted by Gasteiger charge is -2.18. The molecule has 0 aliphatic heterocycles. The molecule has 2 heterocycles. The number of nitrogens with one attached hydrogen (secondary N) is 1. The predicted octanol–water partition coefficient (Wildman–Crippen LogP) is 1.65. The van der Waals surface area contributed by atoms with Crippen molar-refractivity contribution in [1.29, 1.82) is 0 Å². The van der Waals surface area contributed by atoms with Gasteiger partial charge in [0.25, 0.3) is 0 Å². The molecule has 88 valence electrons. The first-order valence-electron chi connectivity index (χ1n) is 5.50. The highest BCUT2D eigenvalue weighted by Gasteiger charge is 2.15. The second-order valence-corrected chi connectivity index (χ2v) is 4.13. The lowest BCUT2D eigenvalue weighted by Crippen LogP contribution is -2.29. The van der Waals surface area contributed by atoms with E-state index in [0.717, 1.165) is 22.3 Å². The molecule has 4 nitrogen and oxygen atoms in total. The third-order valence-corrected chi connectivity index (χ3v) is 2.79. The van der Waals surface area contributed by atoms with Crippen LogP contribution >= 0.6 is 0 Å². The smallest absolute Gasteiger partial charge is 0.0742 e. The number of pyridine rings is 2. The fraction of sp³-hybridized carbons (Fsp3) is 0.231. The van der Waals surface area contributed by atoms with Crippen LogP contribution in [0.1, 0.15) is 28.3 Å². The molecule has 0 aliphatic carbocycles. The van der Waals surface area contributed by atoms with E-state index in [9.17, 15) is 0 Å². The molecule has 0 saturated carbocycles. The van der Waals surface area contributed by atoms with Gasteiger partial charge in [-0.15, -0.1) is 0 Å². The molecule has 0 bridgehead atoms. The minimum absolute atomic E-state index is 0.0731. The van der Waals surface area contributed by atoms with Crippen LogP contribution in [0.25, 0.3) is 0 Å². The molecule has 3 N–H and O–H groups in total. The Morgan fingerprint density at radius 3 is 2.65 bits per heavy atom. The number of hydrogen-bond donors (Lipinski definition) is 2. The third-order valence-electron chi connectivity index (χ3n) is 2.79. The fourth-order valence-electron chi connectivity index (χ4n) is 1.88. The topological polar surface area (TPSA) is 63.8 Å². The van der Waals surface area contributed by atoms with Crippen LogP contribution in [0.2, 0.25) is 0 Å². The van der Waals surface area contributed by atoms with Gasteiger partial charge in [-0.25, -0.2) is 5.43 Å². The molecule has 0 saturated heterocycles. The molecular weight excluding hydrogens is 212 g/mol. The fourth-order valence-corrected chi connectivity index (χ4v) is 1.88. The number of hydrogen-bond acceptors (Lipinski definition) is 4. The van der Waals surface area contributed by atoms with Gasteiger partial charge < -0.3 is 0 Å². The first kappa shape index (κ1) is 11.7. The van der Waals surface area contributed by atoms with Crippen LogP contribution in [0.15, 0.2) is 36.9 Å². The summed E-state index contributed by atoms with van der Waals surface area (Å²) in [4.78, 5) is 8.34. The van der Waals surface area contributed by atoms with E-state index >= 15 is 0 Å². The molecule has 1 atom stereocenters. The highest BCUT2D eigenvalue weighted by atomic mass is 15.2. The van der Waals surface area contributed by atoms with Crippen LogP contribution in [0.4, 0.5) is 0 Å². The van der Waals surface area contributed by atoms with Gasteiger partial charge in [-0.2, -0.15) is 0 Å². The van der Waals surface area contributed by atoms with Crippen molar-refractivity contribution in [3.05, 3.63) is 59.2 Å². The number of nitrogens with two attached hydrogens (primary N) is 1. The molecule has 0 aromatic carbocycles. The van der Waals surface area contributed by atoms with Crippen LogP contribution in [-0.4, -0.2) is 9.97 Å². The van der Waals surface area contributed by atoms with Crippen LogP contribution in [-0.2, 0) is 0 Å². The molecule has 0 radical (unpaired) electrons. The standard InChI is InChI=1S/C13H16N4/c1-9-5-11(7-16-6-9)13(17-14)12-8-15-4-3-10(12)2/h3-8,13,17H,14H2,1-2H3. The van der Waals surface area contributed by atoms with Gasteiger partial charge in [0, 0.05) is 24.8 Å². The molecule has 2 aromatic rings. The van der Waals surface area contributed by atoms with E-state index in [2.05, 4.69) is 21.5 Å². The molecule has 0 spiro atoms. The van der Waals surface area contributed by atoms with Gasteiger partial charge in [0.2, 0.25) is 0 Å². The Bertz CT molecular complexity index is 510. The number of rotatable bonds is 3. The molecule has 17 heavy (non-hydrogen) atoms. The monoisotopic (exact) mass is 228 g/mol. The van der Waals surface area contributed by atoms with Crippen molar-refractivity contribution in [1.82, 2.24) is 15.4 Å². The van der Waals surface area contributed by atoms with Crippen molar-refractivity contribution in [3.8, 4) is 0 Å². The van der Waals surface area contributed by atoms with Crippen LogP contribution in [0, 0.1) is 13.8 Å². The maximum Gasteiger partial charge on any atom is 0.0742 e. The second-order valence-electron chi connectivity index (χ2n) is 4.13. The Morgan fingerprint density at radius 2 is 2.00 bits per heavy atom. The Balaban J connectivity index is 2.44. The summed E-state index contributed by atoms with van der Waals surface area (Å²) < 4.78 is 0. The van der Waals surface area contributed by atoms with Gasteiger partial charge in [0.05, 0.1) is 6.04 Å². The first-order valence-corrected chi connectivity index (χ1v) is 5.50. The molecule has 0 amide bonds. The van der Waals surface area contributed by atoms with Gasteiger partial charge in [-0.1, -0.05) is 6.07 Å². The summed E-state index contributed by atoms with van der Waals surface area (Å²) >= 11 is 0. The van der Waals surface area contributed by atoms with E-state index in [1.54, 1.807) is 6.20 Å². The first-order chi connectivity index (χ1) is 8.22. The van der Waals surface area contributed by atoms with E-state index in [4.69, 9.17) is 5.84 Å². The number of nitrogens with zero attached hydrogens (tertiary/aromatic N) is 2. The van der Waals surface area contributed by atoms with E-state index in [0.29, 0.717) is 0 Å². The molecule has 0 aliphatic rings. The maximum absolute atomic E-state index is 5.65. The zero-order chi connectivity index (χ0) is 12.3. The van der Waals surface area contributed by atoms with E-state index < -0.39 is 0 Å². The lowest BCUT2D eigenvalue weighted by molar-refractivity contribution is 0.628. The van der Waals surface area contributed by atoms with Crippen LogP contribution < -0.4 is 11.3 Å². The molecule has 2 rings (SSSR count). The van der Waals surface area contributed by atoms with Gasteiger partial charge in [0.15, 0.2) is 0 Å². The number of aryl methyl sites for hydroxylation is 2. The van der Waals surface area contributed by atoms with E-state index in [-0.39, 0.29) is 6.04 Å². The minimum atomic E-state index is -0.0731. The number of hydrazine groups is 1. The lowest BCUT2D eigenvalue weighted by atomic mass is 9.98. The third kappa shape index (κ3) is 2.49. The number of aromatic nitrogens is 2. The summed E-state index contributed by atoms with van der Waals surface area (Å²) in [5.74, 6) is 5.65. The predicted molar refractivity (Wildman–Crippen MR) is 67.1 cm³/mol. The Hall–Kier alpha value is -1.78. The van der Waals surface area contributed by atoms with Gasteiger partial charge in [-0.3, -0.25) is 15.8 Å². The minimum Gasteiger partial charge on any atom is -0.271 e. The van der Waals surface area contributed by atoms with Crippen molar-refractivity contribution in [3.63, 3.8) is 0 Å². The maximum atomic E-state index is 5.65. The summed E-state index contributed by atoms with van der Waals surface area (Å²) in [6.45, 7) is 4.06. The SMILES string of the molecule is Cc1cncc(C(NN)c2cnccc2C)c1. The summed E-state index contributed by atoms with van der Waals surface area (Å²) in [6, 6.07) is 3.98. The summed E-state index contributed by atoms with van der Waals surface area (Å²) in [5, 5.41) is 0. The van der Waals surface area contributed by atoms with Crippen molar-refractivity contribution < 1.29 is 0 Å². The van der Waals surface area contributed by atoms with Crippen LogP contribution in [0.5, 0.6) is 0 Å². The van der Waals surface area contributed by atoms with Crippen molar-refractivity contribution in [2.45, 2.75) is 19.9 Å². The average molecular weight is 228 g/mol. The Kier molecular flexibility index (Phi) is 3.46. The normalized spacial score (nSPS) is 12.4. The van der Waals surface area contributed by atoms with Crippen molar-refractivity contribution >= 4 is 0 Å². The second kappa shape index (κ2) is 5.03. The largest absolute Gasteiger partial charge is 0.271 e. The van der Waals surface area contributed by atoms with E-state index in [1.165, 1.54) is 0 Å². The molecule has 0 fully saturated rings. The average Bonchev–Trinajstić information content (AvgIpc) is 2.33. The highest BCUT2D eigenvalue weighted by Crippen LogP contribution is 2.23. The Morgan fingerprint density at radius 1 is 1.18 bits per heavy atom.